The largest absolute Gasteiger partial charge is 0.395 e. The maximum absolute atomic E-state index is 9.09. The van der Waals surface area contributed by atoms with Gasteiger partial charge < -0.3 is 15.2 Å². The van der Waals surface area contributed by atoms with Crippen molar-refractivity contribution in [1.29, 1.82) is 0 Å². The summed E-state index contributed by atoms with van der Waals surface area (Å²) in [7, 11) is 1.67. The second-order valence-corrected chi connectivity index (χ2v) is 4.87. The Morgan fingerprint density at radius 3 is 2.53 bits per heavy atom. The zero-order chi connectivity index (χ0) is 11.1. The number of hydrogen-bond donors (Lipinski definition) is 2. The van der Waals surface area contributed by atoms with E-state index in [1.54, 1.807) is 7.11 Å². The Labute approximate surface area is 93.2 Å². The van der Waals surface area contributed by atoms with Gasteiger partial charge in [-0.15, -0.1) is 0 Å². The highest BCUT2D eigenvalue weighted by Crippen LogP contribution is 2.27. The molecule has 1 saturated carbocycles. The molecule has 0 bridgehead atoms. The first-order valence-electron chi connectivity index (χ1n) is 6.09. The number of hydrogen-bond acceptors (Lipinski definition) is 3. The quantitative estimate of drug-likeness (QED) is 0.704. The fraction of sp³-hybridized carbons (Fsp3) is 1.00. The summed E-state index contributed by atoms with van der Waals surface area (Å²) in [6, 6.07) is 0.106. The van der Waals surface area contributed by atoms with E-state index in [1.807, 2.05) is 0 Å². The molecule has 0 heterocycles. The van der Waals surface area contributed by atoms with E-state index in [4.69, 9.17) is 9.84 Å². The van der Waals surface area contributed by atoms with Crippen molar-refractivity contribution in [1.82, 2.24) is 5.32 Å². The van der Waals surface area contributed by atoms with Gasteiger partial charge in [0.1, 0.15) is 0 Å². The number of aliphatic hydroxyl groups is 1. The van der Waals surface area contributed by atoms with Crippen molar-refractivity contribution in [2.45, 2.75) is 38.6 Å². The molecule has 1 aliphatic rings. The van der Waals surface area contributed by atoms with Crippen LogP contribution >= 0.6 is 0 Å². The van der Waals surface area contributed by atoms with Crippen LogP contribution in [-0.2, 0) is 4.74 Å². The lowest BCUT2D eigenvalue weighted by Gasteiger charge is -2.27. The SMILES string of the molecule is COCC(CO)NCC1CCC(C)CC1. The minimum atomic E-state index is 0.106. The fourth-order valence-corrected chi connectivity index (χ4v) is 2.24. The number of methoxy groups -OCH3 is 1. The zero-order valence-corrected chi connectivity index (χ0v) is 10.0. The van der Waals surface area contributed by atoms with Gasteiger partial charge in [0.25, 0.3) is 0 Å². The predicted octanol–water partition coefficient (Wildman–Crippen LogP) is 1.41. The molecule has 90 valence electrons. The molecule has 0 aromatic heterocycles. The highest BCUT2D eigenvalue weighted by molar-refractivity contribution is 4.74. The van der Waals surface area contributed by atoms with Crippen LogP contribution in [0.5, 0.6) is 0 Å². The Kier molecular flexibility index (Phi) is 6.22. The van der Waals surface area contributed by atoms with E-state index in [0.717, 1.165) is 18.4 Å². The number of aliphatic hydroxyl groups excluding tert-OH is 1. The second-order valence-electron chi connectivity index (χ2n) is 4.87. The summed E-state index contributed by atoms with van der Waals surface area (Å²) in [6.07, 6.45) is 5.39. The van der Waals surface area contributed by atoms with E-state index in [2.05, 4.69) is 12.2 Å². The zero-order valence-electron chi connectivity index (χ0n) is 10.0. The molecule has 0 spiro atoms. The molecule has 0 saturated heterocycles. The van der Waals surface area contributed by atoms with E-state index in [0.29, 0.717) is 6.61 Å². The molecule has 3 heteroatoms. The smallest absolute Gasteiger partial charge is 0.0638 e. The number of nitrogens with one attached hydrogen (secondary N) is 1. The summed E-state index contributed by atoms with van der Waals surface area (Å²) < 4.78 is 5.03. The normalized spacial score (nSPS) is 29.0. The molecule has 0 amide bonds. The van der Waals surface area contributed by atoms with Crippen molar-refractivity contribution in [3.8, 4) is 0 Å². The monoisotopic (exact) mass is 215 g/mol. The fourth-order valence-electron chi connectivity index (χ4n) is 2.24. The van der Waals surface area contributed by atoms with Gasteiger partial charge in [-0.3, -0.25) is 0 Å². The number of rotatable bonds is 6. The molecule has 0 radical (unpaired) electrons. The van der Waals surface area contributed by atoms with Crippen molar-refractivity contribution in [3.05, 3.63) is 0 Å². The van der Waals surface area contributed by atoms with Gasteiger partial charge in [0.05, 0.1) is 19.3 Å². The molecule has 1 atom stereocenters. The van der Waals surface area contributed by atoms with Gasteiger partial charge in [0.15, 0.2) is 0 Å². The molecule has 3 nitrogen and oxygen atoms in total. The van der Waals surface area contributed by atoms with Crippen LogP contribution in [0, 0.1) is 11.8 Å². The van der Waals surface area contributed by atoms with Crippen molar-refractivity contribution in [2.24, 2.45) is 11.8 Å². The van der Waals surface area contributed by atoms with E-state index in [9.17, 15) is 0 Å². The Bertz CT molecular complexity index is 156. The Balaban J connectivity index is 2.12. The van der Waals surface area contributed by atoms with Crippen LogP contribution in [0.15, 0.2) is 0 Å². The highest BCUT2D eigenvalue weighted by Gasteiger charge is 2.18. The van der Waals surface area contributed by atoms with Gasteiger partial charge in [-0.05, 0) is 31.2 Å². The molecular formula is C12H25NO2. The Morgan fingerprint density at radius 1 is 1.33 bits per heavy atom. The summed E-state index contributed by atoms with van der Waals surface area (Å²) in [5, 5.41) is 12.5. The first-order valence-corrected chi connectivity index (χ1v) is 6.09. The van der Waals surface area contributed by atoms with E-state index in [1.165, 1.54) is 25.7 Å². The lowest BCUT2D eigenvalue weighted by molar-refractivity contribution is 0.123. The van der Waals surface area contributed by atoms with Crippen LogP contribution in [0.25, 0.3) is 0 Å². The van der Waals surface area contributed by atoms with Gasteiger partial charge in [-0.25, -0.2) is 0 Å². The lowest BCUT2D eigenvalue weighted by Crippen LogP contribution is -2.39. The van der Waals surface area contributed by atoms with Crippen LogP contribution < -0.4 is 5.32 Å². The topological polar surface area (TPSA) is 41.5 Å². The third kappa shape index (κ3) is 4.96. The van der Waals surface area contributed by atoms with Crippen molar-refractivity contribution < 1.29 is 9.84 Å². The third-order valence-electron chi connectivity index (χ3n) is 3.42. The van der Waals surface area contributed by atoms with E-state index in [-0.39, 0.29) is 12.6 Å². The molecule has 1 unspecified atom stereocenters. The van der Waals surface area contributed by atoms with Crippen molar-refractivity contribution in [2.75, 3.05) is 26.9 Å². The molecule has 0 aliphatic heterocycles. The first kappa shape index (κ1) is 12.9. The summed E-state index contributed by atoms with van der Waals surface area (Å²) in [5.74, 6) is 1.71. The van der Waals surface area contributed by atoms with Crippen molar-refractivity contribution in [3.63, 3.8) is 0 Å². The molecule has 0 aromatic carbocycles. The van der Waals surface area contributed by atoms with Gasteiger partial charge >= 0.3 is 0 Å². The van der Waals surface area contributed by atoms with Crippen LogP contribution in [0.3, 0.4) is 0 Å². The minimum absolute atomic E-state index is 0.106. The standard InChI is InChI=1S/C12H25NO2/c1-10-3-5-11(6-4-10)7-13-12(8-14)9-15-2/h10-14H,3-9H2,1-2H3. The molecule has 1 fully saturated rings. The Hall–Kier alpha value is -0.120. The van der Waals surface area contributed by atoms with Gasteiger partial charge in [-0.1, -0.05) is 19.8 Å². The molecule has 1 rings (SSSR count). The average Bonchev–Trinajstić information content (AvgIpc) is 2.26. The van der Waals surface area contributed by atoms with Crippen LogP contribution in [0.2, 0.25) is 0 Å². The Morgan fingerprint density at radius 2 is 2.00 bits per heavy atom. The maximum atomic E-state index is 9.09. The first-order chi connectivity index (χ1) is 7.26. The summed E-state index contributed by atoms with van der Waals surface area (Å²) in [6.45, 7) is 4.13. The van der Waals surface area contributed by atoms with Gasteiger partial charge in [0.2, 0.25) is 0 Å². The summed E-state index contributed by atoms with van der Waals surface area (Å²) >= 11 is 0. The van der Waals surface area contributed by atoms with Crippen molar-refractivity contribution >= 4 is 0 Å². The second kappa shape index (κ2) is 7.20. The molecule has 0 aromatic rings. The van der Waals surface area contributed by atoms with E-state index >= 15 is 0 Å². The van der Waals surface area contributed by atoms with Crippen LogP contribution in [0.4, 0.5) is 0 Å². The lowest BCUT2D eigenvalue weighted by atomic mass is 9.83. The van der Waals surface area contributed by atoms with Gasteiger partial charge in [-0.2, -0.15) is 0 Å². The molecule has 2 N–H and O–H groups in total. The highest BCUT2D eigenvalue weighted by atomic mass is 16.5. The average molecular weight is 215 g/mol. The molecule has 1 aliphatic carbocycles. The van der Waals surface area contributed by atoms with E-state index < -0.39 is 0 Å². The molecular weight excluding hydrogens is 190 g/mol. The van der Waals surface area contributed by atoms with Crippen LogP contribution in [0.1, 0.15) is 32.6 Å². The number of ether oxygens (including phenoxy) is 1. The molecule has 15 heavy (non-hydrogen) atoms. The maximum Gasteiger partial charge on any atom is 0.0638 e. The third-order valence-corrected chi connectivity index (χ3v) is 3.42. The summed E-state index contributed by atoms with van der Waals surface area (Å²) in [4.78, 5) is 0. The van der Waals surface area contributed by atoms with Crippen LogP contribution in [-0.4, -0.2) is 38.0 Å². The predicted molar refractivity (Wildman–Crippen MR) is 61.9 cm³/mol. The van der Waals surface area contributed by atoms with Gasteiger partial charge in [0, 0.05) is 7.11 Å². The minimum Gasteiger partial charge on any atom is -0.395 e. The summed E-state index contributed by atoms with van der Waals surface area (Å²) in [5.41, 5.74) is 0.